The average Bonchev–Trinajstić information content (AvgIpc) is 3.04. The van der Waals surface area contributed by atoms with Crippen LogP contribution in [0.4, 0.5) is 11.7 Å². The SMILES string of the molecule is O=[N+]([O-])c1ccc2nc(NCC3CCOC3)oc2c1. The van der Waals surface area contributed by atoms with Crippen molar-refractivity contribution < 1.29 is 14.1 Å². The van der Waals surface area contributed by atoms with Crippen molar-refractivity contribution in [1.82, 2.24) is 4.98 Å². The molecule has 1 N–H and O–H groups in total. The number of aromatic nitrogens is 1. The third-order valence-corrected chi connectivity index (χ3v) is 3.15. The summed E-state index contributed by atoms with van der Waals surface area (Å²) in [6.45, 7) is 2.28. The van der Waals surface area contributed by atoms with Crippen molar-refractivity contribution in [3.63, 3.8) is 0 Å². The quantitative estimate of drug-likeness (QED) is 0.671. The summed E-state index contributed by atoms with van der Waals surface area (Å²) in [5.74, 6) is 0.462. The van der Waals surface area contributed by atoms with E-state index in [-0.39, 0.29) is 5.69 Å². The van der Waals surface area contributed by atoms with E-state index < -0.39 is 4.92 Å². The zero-order chi connectivity index (χ0) is 13.2. The van der Waals surface area contributed by atoms with Gasteiger partial charge in [0.15, 0.2) is 5.58 Å². The van der Waals surface area contributed by atoms with Crippen LogP contribution in [-0.4, -0.2) is 29.7 Å². The first kappa shape index (κ1) is 11.9. The second-order valence-electron chi connectivity index (χ2n) is 4.54. The van der Waals surface area contributed by atoms with Crippen LogP contribution in [0, 0.1) is 16.0 Å². The number of hydrogen-bond acceptors (Lipinski definition) is 6. The topological polar surface area (TPSA) is 90.4 Å². The van der Waals surface area contributed by atoms with E-state index in [0.29, 0.717) is 23.0 Å². The zero-order valence-electron chi connectivity index (χ0n) is 10.2. The maximum Gasteiger partial charge on any atom is 0.295 e. The number of hydrogen-bond donors (Lipinski definition) is 1. The Balaban J connectivity index is 1.75. The molecule has 19 heavy (non-hydrogen) atoms. The molecule has 1 atom stereocenters. The summed E-state index contributed by atoms with van der Waals surface area (Å²) in [4.78, 5) is 14.4. The molecule has 2 aromatic rings. The van der Waals surface area contributed by atoms with Gasteiger partial charge in [-0.25, -0.2) is 0 Å². The largest absolute Gasteiger partial charge is 0.423 e. The first-order chi connectivity index (χ1) is 9.22. The van der Waals surface area contributed by atoms with E-state index in [4.69, 9.17) is 9.15 Å². The van der Waals surface area contributed by atoms with Crippen molar-refractivity contribution in [2.75, 3.05) is 25.1 Å². The Bertz CT molecular complexity index is 604. The highest BCUT2D eigenvalue weighted by Crippen LogP contribution is 2.24. The molecule has 3 rings (SSSR count). The second kappa shape index (κ2) is 4.85. The number of oxazole rings is 1. The molecule has 7 heteroatoms. The Morgan fingerprint density at radius 3 is 3.16 bits per heavy atom. The summed E-state index contributed by atoms with van der Waals surface area (Å²) in [5, 5.41) is 13.8. The monoisotopic (exact) mass is 263 g/mol. The van der Waals surface area contributed by atoms with E-state index in [1.807, 2.05) is 0 Å². The Kier molecular flexibility index (Phi) is 3.04. The van der Waals surface area contributed by atoms with Crippen LogP contribution in [0.25, 0.3) is 11.1 Å². The second-order valence-corrected chi connectivity index (χ2v) is 4.54. The third kappa shape index (κ3) is 2.50. The Morgan fingerprint density at radius 1 is 1.53 bits per heavy atom. The summed E-state index contributed by atoms with van der Waals surface area (Å²) < 4.78 is 10.7. The minimum absolute atomic E-state index is 0.000562. The number of nitro groups is 1. The zero-order valence-corrected chi connectivity index (χ0v) is 10.2. The van der Waals surface area contributed by atoms with Gasteiger partial charge in [-0.1, -0.05) is 0 Å². The van der Waals surface area contributed by atoms with Crippen molar-refractivity contribution in [3.05, 3.63) is 28.3 Å². The number of nitrogens with one attached hydrogen (secondary N) is 1. The van der Waals surface area contributed by atoms with Crippen LogP contribution < -0.4 is 5.32 Å². The van der Waals surface area contributed by atoms with Crippen molar-refractivity contribution in [3.8, 4) is 0 Å². The summed E-state index contributed by atoms with van der Waals surface area (Å²) in [7, 11) is 0. The van der Waals surface area contributed by atoms with Crippen molar-refractivity contribution in [1.29, 1.82) is 0 Å². The number of anilines is 1. The molecule has 1 unspecified atom stereocenters. The Morgan fingerprint density at radius 2 is 2.42 bits per heavy atom. The predicted octanol–water partition coefficient (Wildman–Crippen LogP) is 2.18. The highest BCUT2D eigenvalue weighted by Gasteiger charge is 2.17. The molecule has 100 valence electrons. The molecule has 1 fully saturated rings. The maximum absolute atomic E-state index is 10.7. The van der Waals surface area contributed by atoms with E-state index in [1.165, 1.54) is 12.1 Å². The van der Waals surface area contributed by atoms with Crippen LogP contribution in [0.15, 0.2) is 22.6 Å². The van der Waals surface area contributed by atoms with Crippen LogP contribution >= 0.6 is 0 Å². The maximum atomic E-state index is 10.7. The van der Waals surface area contributed by atoms with Crippen LogP contribution in [0.2, 0.25) is 0 Å². The Hall–Kier alpha value is -2.15. The molecule has 1 saturated heterocycles. The molecule has 0 saturated carbocycles. The van der Waals surface area contributed by atoms with Crippen molar-refractivity contribution >= 4 is 22.8 Å². The normalized spacial score (nSPS) is 18.8. The molecule has 0 radical (unpaired) electrons. The molecule has 0 spiro atoms. The van der Waals surface area contributed by atoms with E-state index in [1.54, 1.807) is 6.07 Å². The molecule has 0 amide bonds. The lowest BCUT2D eigenvalue weighted by Crippen LogP contribution is -2.14. The molecule has 1 aliphatic heterocycles. The number of nitro benzene ring substituents is 1. The van der Waals surface area contributed by atoms with E-state index in [2.05, 4.69) is 10.3 Å². The van der Waals surface area contributed by atoms with E-state index in [0.717, 1.165) is 26.2 Å². The Labute approximate surface area is 108 Å². The number of nitrogens with zero attached hydrogens (tertiary/aromatic N) is 2. The number of non-ortho nitro benzene ring substituents is 1. The van der Waals surface area contributed by atoms with Gasteiger partial charge in [-0.15, -0.1) is 0 Å². The number of ether oxygens (including phenoxy) is 1. The molecule has 2 heterocycles. The molecular formula is C12H13N3O4. The van der Waals surface area contributed by atoms with Crippen molar-refractivity contribution in [2.45, 2.75) is 6.42 Å². The molecule has 0 aliphatic carbocycles. The fourth-order valence-corrected chi connectivity index (χ4v) is 2.08. The number of benzene rings is 1. The number of fused-ring (bicyclic) bond motifs is 1. The van der Waals surface area contributed by atoms with Gasteiger partial charge in [0.05, 0.1) is 17.6 Å². The van der Waals surface area contributed by atoms with Gasteiger partial charge in [-0.3, -0.25) is 10.1 Å². The fraction of sp³-hybridized carbons (Fsp3) is 0.417. The standard InChI is InChI=1S/C12H13N3O4/c16-15(17)9-1-2-10-11(5-9)19-12(14-10)13-6-8-3-4-18-7-8/h1-2,5,8H,3-4,6-7H2,(H,13,14). The van der Waals surface area contributed by atoms with Crippen LogP contribution in [-0.2, 0) is 4.74 Å². The van der Waals surface area contributed by atoms with Gasteiger partial charge in [-0.2, -0.15) is 4.98 Å². The van der Waals surface area contributed by atoms with Gasteiger partial charge in [0.1, 0.15) is 5.52 Å². The average molecular weight is 263 g/mol. The van der Waals surface area contributed by atoms with Gasteiger partial charge < -0.3 is 14.5 Å². The van der Waals surface area contributed by atoms with E-state index in [9.17, 15) is 10.1 Å². The summed E-state index contributed by atoms with van der Waals surface area (Å²) in [6.07, 6.45) is 1.03. The highest BCUT2D eigenvalue weighted by molar-refractivity contribution is 5.77. The van der Waals surface area contributed by atoms with Crippen molar-refractivity contribution in [2.24, 2.45) is 5.92 Å². The summed E-state index contributed by atoms with van der Waals surface area (Å²) in [6, 6.07) is 4.77. The minimum Gasteiger partial charge on any atom is -0.423 e. The van der Waals surface area contributed by atoms with Crippen LogP contribution in [0.3, 0.4) is 0 Å². The first-order valence-electron chi connectivity index (χ1n) is 6.09. The van der Waals surface area contributed by atoms with Crippen LogP contribution in [0.5, 0.6) is 0 Å². The number of rotatable bonds is 4. The molecular weight excluding hydrogens is 250 g/mol. The molecule has 1 aromatic heterocycles. The van der Waals surface area contributed by atoms with Gasteiger partial charge in [-0.05, 0) is 12.5 Å². The molecule has 1 aromatic carbocycles. The molecule has 0 bridgehead atoms. The van der Waals surface area contributed by atoms with Crippen LogP contribution in [0.1, 0.15) is 6.42 Å². The van der Waals surface area contributed by atoms with Gasteiger partial charge >= 0.3 is 0 Å². The predicted molar refractivity (Wildman–Crippen MR) is 68.1 cm³/mol. The van der Waals surface area contributed by atoms with E-state index >= 15 is 0 Å². The smallest absolute Gasteiger partial charge is 0.295 e. The first-order valence-corrected chi connectivity index (χ1v) is 6.09. The third-order valence-electron chi connectivity index (χ3n) is 3.15. The van der Waals surface area contributed by atoms with Gasteiger partial charge in [0.2, 0.25) is 0 Å². The lowest BCUT2D eigenvalue weighted by Gasteiger charge is -2.06. The molecule has 1 aliphatic rings. The minimum atomic E-state index is -0.453. The fourth-order valence-electron chi connectivity index (χ4n) is 2.08. The lowest BCUT2D eigenvalue weighted by molar-refractivity contribution is -0.384. The van der Waals surface area contributed by atoms with Gasteiger partial charge in [0.25, 0.3) is 11.7 Å². The summed E-state index contributed by atoms with van der Waals surface area (Å²) in [5.41, 5.74) is 1.02. The summed E-state index contributed by atoms with van der Waals surface area (Å²) >= 11 is 0. The highest BCUT2D eigenvalue weighted by atomic mass is 16.6. The molecule has 7 nitrogen and oxygen atoms in total. The lowest BCUT2D eigenvalue weighted by atomic mass is 10.1. The van der Waals surface area contributed by atoms with Gasteiger partial charge in [0, 0.05) is 25.1 Å².